The zero-order valence-corrected chi connectivity index (χ0v) is 13.4. The highest BCUT2D eigenvalue weighted by molar-refractivity contribution is 8.03. The number of thioether (sulfide) groups is 1. The smallest absolute Gasteiger partial charge is 0.225 e. The molecule has 1 aliphatic heterocycles. The van der Waals surface area contributed by atoms with Crippen LogP contribution in [0.2, 0.25) is 10.0 Å². The van der Waals surface area contributed by atoms with Crippen molar-refractivity contribution in [2.45, 2.75) is 12.3 Å². The van der Waals surface area contributed by atoms with Crippen LogP contribution in [0.5, 0.6) is 0 Å². The molecule has 0 bridgehead atoms. The van der Waals surface area contributed by atoms with E-state index in [2.05, 4.69) is 18.0 Å². The molecule has 0 radical (unpaired) electrons. The number of hydrogen-bond donors (Lipinski definition) is 1. The number of nitrogens with zero attached hydrogens (tertiary/aromatic N) is 1. The molecule has 0 saturated carbocycles. The molecule has 1 aromatic rings. The Morgan fingerprint density at radius 2 is 2.29 bits per heavy atom. The molecular formula is C15H12Cl2N2OS. The van der Waals surface area contributed by atoms with Gasteiger partial charge in [0.15, 0.2) is 0 Å². The van der Waals surface area contributed by atoms with E-state index in [1.54, 1.807) is 24.3 Å². The predicted molar refractivity (Wildman–Crippen MR) is 87.3 cm³/mol. The van der Waals surface area contributed by atoms with E-state index in [-0.39, 0.29) is 18.2 Å². The first-order valence-corrected chi connectivity index (χ1v) is 7.93. The largest absolute Gasteiger partial charge is 0.320 e. The molecule has 1 heterocycles. The fraction of sp³-hybridized carbons (Fsp3) is 0.200. The van der Waals surface area contributed by atoms with Crippen molar-refractivity contribution < 1.29 is 4.79 Å². The van der Waals surface area contributed by atoms with Crippen LogP contribution in [-0.2, 0) is 4.79 Å². The second-order valence-electron chi connectivity index (χ2n) is 4.43. The molecule has 0 aliphatic carbocycles. The zero-order chi connectivity index (χ0) is 15.4. The number of nitrogens with one attached hydrogen (secondary N) is 1. The first kappa shape index (κ1) is 16.0. The molecule has 6 heteroatoms. The summed E-state index contributed by atoms with van der Waals surface area (Å²) < 4.78 is 0. The highest BCUT2D eigenvalue weighted by atomic mass is 35.5. The Morgan fingerprint density at radius 3 is 2.90 bits per heavy atom. The van der Waals surface area contributed by atoms with E-state index < -0.39 is 0 Å². The maximum atomic E-state index is 11.9. The maximum absolute atomic E-state index is 11.9. The number of nitriles is 1. The summed E-state index contributed by atoms with van der Waals surface area (Å²) in [5.41, 5.74) is 1.26. The van der Waals surface area contributed by atoms with Crippen LogP contribution in [0.4, 0.5) is 0 Å². The molecule has 0 aromatic heterocycles. The standard InChI is InChI=1S/C15H12Cl2N2OS/c1-2-5-21-15-12(8-18)11(7-14(20)19-15)10-4-3-9(16)6-13(10)17/h2-4,6,11H,1,5,7H2,(H,19,20). The summed E-state index contributed by atoms with van der Waals surface area (Å²) in [7, 11) is 0. The van der Waals surface area contributed by atoms with Gasteiger partial charge in [0.25, 0.3) is 0 Å². The number of hydrogen-bond acceptors (Lipinski definition) is 3. The lowest BCUT2D eigenvalue weighted by atomic mass is 9.87. The Balaban J connectivity index is 2.47. The van der Waals surface area contributed by atoms with Crippen molar-refractivity contribution in [3.05, 3.63) is 57.1 Å². The summed E-state index contributed by atoms with van der Waals surface area (Å²) in [6.07, 6.45) is 1.92. The van der Waals surface area contributed by atoms with Gasteiger partial charge in [-0.15, -0.1) is 18.3 Å². The van der Waals surface area contributed by atoms with Gasteiger partial charge in [-0.1, -0.05) is 35.3 Å². The van der Waals surface area contributed by atoms with Gasteiger partial charge in [0.05, 0.1) is 16.7 Å². The zero-order valence-electron chi connectivity index (χ0n) is 11.0. The average molecular weight is 339 g/mol. The normalized spacial score (nSPS) is 18.1. The van der Waals surface area contributed by atoms with Gasteiger partial charge >= 0.3 is 0 Å². The fourth-order valence-electron chi connectivity index (χ4n) is 2.13. The minimum absolute atomic E-state index is 0.128. The van der Waals surface area contributed by atoms with Crippen molar-refractivity contribution in [1.82, 2.24) is 5.32 Å². The quantitative estimate of drug-likeness (QED) is 0.835. The molecule has 1 amide bonds. The third-order valence-electron chi connectivity index (χ3n) is 3.04. The maximum Gasteiger partial charge on any atom is 0.225 e. The van der Waals surface area contributed by atoms with Gasteiger partial charge in [-0.3, -0.25) is 4.79 Å². The Bertz CT molecular complexity index is 664. The van der Waals surface area contributed by atoms with E-state index >= 15 is 0 Å². The topological polar surface area (TPSA) is 52.9 Å². The SMILES string of the molecule is C=CCSC1=C(C#N)C(c2ccc(Cl)cc2Cl)CC(=O)N1. The van der Waals surface area contributed by atoms with Crippen LogP contribution >= 0.6 is 35.0 Å². The summed E-state index contributed by atoms with van der Waals surface area (Å²) in [5, 5.41) is 13.8. The molecule has 1 unspecified atom stereocenters. The molecule has 0 spiro atoms. The molecule has 2 rings (SSSR count). The van der Waals surface area contributed by atoms with Gasteiger partial charge in [-0.25, -0.2) is 0 Å². The Kier molecular flexibility index (Phi) is 5.35. The molecule has 1 atom stereocenters. The molecular weight excluding hydrogens is 327 g/mol. The van der Waals surface area contributed by atoms with E-state index in [1.165, 1.54) is 11.8 Å². The lowest BCUT2D eigenvalue weighted by molar-refractivity contribution is -0.120. The summed E-state index contributed by atoms with van der Waals surface area (Å²) in [4.78, 5) is 11.9. The van der Waals surface area contributed by atoms with Crippen LogP contribution in [-0.4, -0.2) is 11.7 Å². The number of amides is 1. The molecule has 0 saturated heterocycles. The Hall–Kier alpha value is -1.41. The van der Waals surface area contributed by atoms with Gasteiger partial charge in [0.2, 0.25) is 5.91 Å². The summed E-state index contributed by atoms with van der Waals surface area (Å²) >= 11 is 13.5. The fourth-order valence-corrected chi connectivity index (χ4v) is 3.48. The predicted octanol–water partition coefficient (Wildman–Crippen LogP) is 4.25. The van der Waals surface area contributed by atoms with Crippen LogP contribution in [0.3, 0.4) is 0 Å². The van der Waals surface area contributed by atoms with Crippen LogP contribution < -0.4 is 5.32 Å². The number of carbonyl (C=O) groups excluding carboxylic acids is 1. The number of allylic oxidation sites excluding steroid dienone is 1. The molecule has 1 aromatic carbocycles. The molecule has 1 aliphatic rings. The summed E-state index contributed by atoms with van der Waals surface area (Å²) in [6.45, 7) is 3.64. The second kappa shape index (κ2) is 7.04. The lowest BCUT2D eigenvalue weighted by Crippen LogP contribution is -2.31. The molecule has 108 valence electrons. The Morgan fingerprint density at radius 1 is 1.52 bits per heavy atom. The third kappa shape index (κ3) is 3.62. The Labute approximate surface area is 137 Å². The van der Waals surface area contributed by atoms with Gasteiger partial charge in [-0.05, 0) is 17.7 Å². The minimum atomic E-state index is -0.346. The number of rotatable bonds is 4. The minimum Gasteiger partial charge on any atom is -0.320 e. The molecule has 1 N–H and O–H groups in total. The van der Waals surface area contributed by atoms with E-state index in [9.17, 15) is 10.1 Å². The van der Waals surface area contributed by atoms with Crippen LogP contribution in [0.1, 0.15) is 17.9 Å². The van der Waals surface area contributed by atoms with Crippen LogP contribution in [0, 0.1) is 11.3 Å². The second-order valence-corrected chi connectivity index (χ2v) is 6.30. The van der Waals surface area contributed by atoms with E-state index in [0.717, 1.165) is 5.56 Å². The summed E-state index contributed by atoms with van der Waals surface area (Å²) in [5.74, 6) is 0.138. The number of benzene rings is 1. The highest BCUT2D eigenvalue weighted by Gasteiger charge is 2.30. The van der Waals surface area contributed by atoms with Gasteiger partial charge in [0, 0.05) is 28.1 Å². The van der Waals surface area contributed by atoms with Crippen molar-refractivity contribution in [2.24, 2.45) is 0 Å². The highest BCUT2D eigenvalue weighted by Crippen LogP contribution is 2.39. The third-order valence-corrected chi connectivity index (χ3v) is 4.61. The first-order chi connectivity index (χ1) is 10.1. The van der Waals surface area contributed by atoms with E-state index in [1.807, 2.05) is 0 Å². The van der Waals surface area contributed by atoms with Gasteiger partial charge < -0.3 is 5.32 Å². The molecule has 3 nitrogen and oxygen atoms in total. The van der Waals surface area contributed by atoms with Crippen molar-refractivity contribution >= 4 is 40.9 Å². The van der Waals surface area contributed by atoms with Crippen LogP contribution in [0.25, 0.3) is 0 Å². The van der Waals surface area contributed by atoms with Crippen LogP contribution in [0.15, 0.2) is 41.5 Å². The van der Waals surface area contributed by atoms with E-state index in [0.29, 0.717) is 26.4 Å². The van der Waals surface area contributed by atoms with Gasteiger partial charge in [0.1, 0.15) is 0 Å². The monoisotopic (exact) mass is 338 g/mol. The van der Waals surface area contributed by atoms with Crippen molar-refractivity contribution in [3.8, 4) is 6.07 Å². The van der Waals surface area contributed by atoms with Gasteiger partial charge in [-0.2, -0.15) is 5.26 Å². The number of carbonyl (C=O) groups is 1. The average Bonchev–Trinajstić information content (AvgIpc) is 2.44. The summed E-state index contributed by atoms with van der Waals surface area (Å²) in [6, 6.07) is 7.29. The first-order valence-electron chi connectivity index (χ1n) is 6.19. The molecule has 0 fully saturated rings. The van der Waals surface area contributed by atoms with Crippen molar-refractivity contribution in [1.29, 1.82) is 5.26 Å². The van der Waals surface area contributed by atoms with Crippen molar-refractivity contribution in [2.75, 3.05) is 5.75 Å². The van der Waals surface area contributed by atoms with Crippen molar-refractivity contribution in [3.63, 3.8) is 0 Å². The molecule has 21 heavy (non-hydrogen) atoms. The lowest BCUT2D eigenvalue weighted by Gasteiger charge is -2.25. The van der Waals surface area contributed by atoms with E-state index in [4.69, 9.17) is 23.2 Å². The number of halogens is 2.